The molecule has 24 heavy (non-hydrogen) atoms. The highest BCUT2D eigenvalue weighted by atomic mass is 35.5. The van der Waals surface area contributed by atoms with E-state index >= 15 is 0 Å². The van der Waals surface area contributed by atoms with Gasteiger partial charge in [-0.3, -0.25) is 0 Å². The van der Waals surface area contributed by atoms with Gasteiger partial charge in [0.05, 0.1) is 11.9 Å². The van der Waals surface area contributed by atoms with Gasteiger partial charge in [0.25, 0.3) is 0 Å². The summed E-state index contributed by atoms with van der Waals surface area (Å²) in [5, 5.41) is 9.12. The van der Waals surface area contributed by atoms with Gasteiger partial charge in [-0.2, -0.15) is 0 Å². The van der Waals surface area contributed by atoms with Gasteiger partial charge in [-0.1, -0.05) is 28.9 Å². The molecule has 0 amide bonds. The Bertz CT molecular complexity index is 993. The minimum atomic E-state index is 0.502. The number of aryl methyl sites for hydroxylation is 1. The van der Waals surface area contributed by atoms with Gasteiger partial charge in [0.2, 0.25) is 0 Å². The Hall–Kier alpha value is -2.44. The Balaban J connectivity index is 1.53. The van der Waals surface area contributed by atoms with Crippen LogP contribution in [0.2, 0.25) is 5.02 Å². The zero-order valence-electron chi connectivity index (χ0n) is 12.8. The molecule has 0 bridgehead atoms. The molecule has 0 saturated carbocycles. The number of anilines is 1. The molecule has 0 aliphatic rings. The predicted molar refractivity (Wildman–Crippen MR) is 96.4 cm³/mol. The number of thiophene rings is 1. The highest BCUT2D eigenvalue weighted by Gasteiger charge is 2.10. The Morgan fingerprint density at radius 3 is 2.83 bits per heavy atom. The highest BCUT2D eigenvalue weighted by molar-refractivity contribution is 7.18. The summed E-state index contributed by atoms with van der Waals surface area (Å²) in [6.07, 6.45) is 1.57. The van der Waals surface area contributed by atoms with Crippen LogP contribution in [0.15, 0.2) is 47.2 Å². The number of aromatic nitrogens is 3. The van der Waals surface area contributed by atoms with E-state index in [0.29, 0.717) is 11.6 Å². The maximum atomic E-state index is 5.91. The van der Waals surface area contributed by atoms with Gasteiger partial charge in [-0.15, -0.1) is 11.3 Å². The maximum absolute atomic E-state index is 5.91. The summed E-state index contributed by atoms with van der Waals surface area (Å²) < 4.78 is 5.40. The van der Waals surface area contributed by atoms with Gasteiger partial charge < -0.3 is 9.84 Å². The molecular formula is C17H13ClN4OS. The third-order valence-electron chi connectivity index (χ3n) is 3.58. The van der Waals surface area contributed by atoms with E-state index in [1.807, 2.05) is 30.3 Å². The largest absolute Gasteiger partial charge is 0.362 e. The number of rotatable bonds is 4. The number of hydrogen-bond acceptors (Lipinski definition) is 6. The minimum Gasteiger partial charge on any atom is -0.362 e. The van der Waals surface area contributed by atoms with Crippen LogP contribution in [0.4, 0.5) is 5.82 Å². The van der Waals surface area contributed by atoms with Crippen molar-refractivity contribution < 1.29 is 4.52 Å². The molecule has 120 valence electrons. The summed E-state index contributed by atoms with van der Waals surface area (Å²) in [5.74, 6) is 1.53. The molecule has 0 aliphatic carbocycles. The molecule has 1 aromatic carbocycles. The van der Waals surface area contributed by atoms with Crippen LogP contribution in [0.25, 0.3) is 21.5 Å². The SMILES string of the molecule is Cc1cc2c(NCc3cc(-c4ccc(Cl)cc4)no3)ncnc2s1. The molecule has 0 radical (unpaired) electrons. The van der Waals surface area contributed by atoms with Gasteiger partial charge >= 0.3 is 0 Å². The second-order valence-corrected chi connectivity index (χ2v) is 7.01. The average molecular weight is 357 g/mol. The first-order valence-corrected chi connectivity index (χ1v) is 8.55. The molecular weight excluding hydrogens is 344 g/mol. The summed E-state index contributed by atoms with van der Waals surface area (Å²) in [5.41, 5.74) is 1.75. The molecule has 0 saturated heterocycles. The van der Waals surface area contributed by atoms with Crippen molar-refractivity contribution in [2.45, 2.75) is 13.5 Å². The second kappa shape index (κ2) is 6.22. The third-order valence-corrected chi connectivity index (χ3v) is 4.79. The maximum Gasteiger partial charge on any atom is 0.156 e. The van der Waals surface area contributed by atoms with Crippen molar-refractivity contribution in [3.63, 3.8) is 0 Å². The molecule has 4 aromatic rings. The zero-order chi connectivity index (χ0) is 16.5. The monoisotopic (exact) mass is 356 g/mol. The molecule has 0 unspecified atom stereocenters. The minimum absolute atomic E-state index is 0.502. The van der Waals surface area contributed by atoms with E-state index < -0.39 is 0 Å². The van der Waals surface area contributed by atoms with Crippen molar-refractivity contribution in [1.29, 1.82) is 0 Å². The normalized spacial score (nSPS) is 11.1. The summed E-state index contributed by atoms with van der Waals surface area (Å²) in [4.78, 5) is 10.8. The van der Waals surface area contributed by atoms with E-state index in [9.17, 15) is 0 Å². The Morgan fingerprint density at radius 2 is 2.00 bits per heavy atom. The van der Waals surface area contributed by atoms with E-state index in [-0.39, 0.29) is 0 Å². The molecule has 0 atom stereocenters. The topological polar surface area (TPSA) is 63.8 Å². The van der Waals surface area contributed by atoms with Crippen LogP contribution in [0.5, 0.6) is 0 Å². The van der Waals surface area contributed by atoms with Gasteiger partial charge in [0, 0.05) is 21.5 Å². The van der Waals surface area contributed by atoms with Crippen molar-refractivity contribution in [3.05, 3.63) is 58.4 Å². The molecule has 7 heteroatoms. The first kappa shape index (κ1) is 15.1. The Morgan fingerprint density at radius 1 is 1.17 bits per heavy atom. The van der Waals surface area contributed by atoms with Crippen molar-refractivity contribution in [2.75, 3.05) is 5.32 Å². The molecule has 0 fully saturated rings. The number of benzene rings is 1. The first-order chi connectivity index (χ1) is 11.7. The fraction of sp³-hybridized carbons (Fsp3) is 0.118. The van der Waals surface area contributed by atoms with Crippen molar-refractivity contribution in [3.8, 4) is 11.3 Å². The van der Waals surface area contributed by atoms with Crippen LogP contribution in [-0.2, 0) is 6.54 Å². The number of hydrogen-bond donors (Lipinski definition) is 1. The van der Waals surface area contributed by atoms with E-state index in [0.717, 1.165) is 33.1 Å². The molecule has 5 nitrogen and oxygen atoms in total. The van der Waals surface area contributed by atoms with Crippen LogP contribution in [-0.4, -0.2) is 15.1 Å². The smallest absolute Gasteiger partial charge is 0.156 e. The van der Waals surface area contributed by atoms with E-state index in [1.54, 1.807) is 17.7 Å². The van der Waals surface area contributed by atoms with E-state index in [2.05, 4.69) is 33.4 Å². The molecule has 3 aromatic heterocycles. The summed E-state index contributed by atoms with van der Waals surface area (Å²) in [7, 11) is 0. The second-order valence-electron chi connectivity index (χ2n) is 5.34. The lowest BCUT2D eigenvalue weighted by Crippen LogP contribution is -2.00. The van der Waals surface area contributed by atoms with Gasteiger partial charge in [0.15, 0.2) is 5.76 Å². The van der Waals surface area contributed by atoms with Gasteiger partial charge in [-0.05, 0) is 25.1 Å². The van der Waals surface area contributed by atoms with Crippen molar-refractivity contribution in [2.24, 2.45) is 0 Å². The molecule has 3 heterocycles. The van der Waals surface area contributed by atoms with Gasteiger partial charge in [0.1, 0.15) is 22.7 Å². The molecule has 0 aliphatic heterocycles. The van der Waals surface area contributed by atoms with Crippen LogP contribution in [0, 0.1) is 6.92 Å². The standard InChI is InChI=1S/C17H13ClN4OS/c1-10-6-14-16(20-9-21-17(14)24-10)19-8-13-7-15(22-23-13)11-2-4-12(18)5-3-11/h2-7,9H,8H2,1H3,(H,19,20,21). The van der Waals surface area contributed by atoms with Crippen LogP contribution in [0.3, 0.4) is 0 Å². The predicted octanol–water partition coefficient (Wildman–Crippen LogP) is 4.92. The Kier molecular flexibility index (Phi) is 3.92. The highest BCUT2D eigenvalue weighted by Crippen LogP contribution is 2.28. The fourth-order valence-electron chi connectivity index (χ4n) is 2.44. The molecule has 0 spiro atoms. The van der Waals surface area contributed by atoms with Crippen LogP contribution >= 0.6 is 22.9 Å². The summed E-state index contributed by atoms with van der Waals surface area (Å²) in [6, 6.07) is 11.5. The Labute approximate surface area is 147 Å². The number of halogens is 1. The van der Waals surface area contributed by atoms with Crippen molar-refractivity contribution in [1.82, 2.24) is 15.1 Å². The zero-order valence-corrected chi connectivity index (χ0v) is 14.4. The quantitative estimate of drug-likeness (QED) is 0.562. The van der Waals surface area contributed by atoms with Gasteiger partial charge in [-0.25, -0.2) is 9.97 Å². The number of fused-ring (bicyclic) bond motifs is 1. The average Bonchev–Trinajstić information content (AvgIpc) is 3.19. The third kappa shape index (κ3) is 2.98. The fourth-order valence-corrected chi connectivity index (χ4v) is 3.41. The molecule has 1 N–H and O–H groups in total. The first-order valence-electron chi connectivity index (χ1n) is 7.35. The van der Waals surface area contributed by atoms with E-state index in [4.69, 9.17) is 16.1 Å². The summed E-state index contributed by atoms with van der Waals surface area (Å²) >= 11 is 7.56. The number of nitrogens with zero attached hydrogens (tertiary/aromatic N) is 3. The lowest BCUT2D eigenvalue weighted by atomic mass is 10.1. The van der Waals surface area contributed by atoms with Crippen LogP contribution < -0.4 is 5.32 Å². The van der Waals surface area contributed by atoms with Crippen molar-refractivity contribution >= 4 is 39.0 Å². The van der Waals surface area contributed by atoms with Crippen LogP contribution in [0.1, 0.15) is 10.6 Å². The number of nitrogens with one attached hydrogen (secondary N) is 1. The summed E-state index contributed by atoms with van der Waals surface area (Å²) in [6.45, 7) is 2.56. The lowest BCUT2D eigenvalue weighted by molar-refractivity contribution is 0.390. The molecule has 4 rings (SSSR count). The van der Waals surface area contributed by atoms with E-state index in [1.165, 1.54) is 4.88 Å². The lowest BCUT2D eigenvalue weighted by Gasteiger charge is -2.03.